The van der Waals surface area contributed by atoms with E-state index < -0.39 is 0 Å². The number of carbonyl (C=O) groups is 1. The summed E-state index contributed by atoms with van der Waals surface area (Å²) in [6.45, 7) is 1.83. The van der Waals surface area contributed by atoms with Gasteiger partial charge in [-0.15, -0.1) is 0 Å². The first kappa shape index (κ1) is 18.1. The largest absolute Gasteiger partial charge is 0.497 e. The summed E-state index contributed by atoms with van der Waals surface area (Å²) in [5, 5.41) is 5.59. The third-order valence-electron chi connectivity index (χ3n) is 4.14. The van der Waals surface area contributed by atoms with Crippen molar-refractivity contribution in [3.63, 3.8) is 0 Å². The molecule has 1 amide bonds. The number of ether oxygens (including phenoxy) is 2. The third-order valence-corrected chi connectivity index (χ3v) is 4.48. The van der Waals surface area contributed by atoms with Crippen LogP contribution in [0.25, 0.3) is 10.8 Å². The molecule has 5 heteroatoms. The highest BCUT2D eigenvalue weighted by atomic mass is 35.5. The quantitative estimate of drug-likeness (QED) is 0.681. The Hall–Kier alpha value is -2.72. The van der Waals surface area contributed by atoms with Crippen LogP contribution in [0, 0.1) is 0 Å². The normalized spacial score (nSPS) is 11.8. The van der Waals surface area contributed by atoms with E-state index in [-0.39, 0.29) is 18.6 Å². The SMILES string of the molecule is COc1ccc2ccc(OCC(=O)N[C@@H](C)c3ccccc3Cl)cc2c1. The van der Waals surface area contributed by atoms with Crippen LogP contribution in [0.4, 0.5) is 0 Å². The summed E-state index contributed by atoms with van der Waals surface area (Å²) in [5.74, 6) is 1.20. The van der Waals surface area contributed by atoms with Crippen LogP contribution in [-0.2, 0) is 4.79 Å². The van der Waals surface area contributed by atoms with Gasteiger partial charge in [0.15, 0.2) is 6.61 Å². The first-order valence-corrected chi connectivity index (χ1v) is 8.69. The van der Waals surface area contributed by atoms with Crippen molar-refractivity contribution >= 4 is 28.3 Å². The second-order valence-electron chi connectivity index (χ2n) is 5.97. The first-order chi connectivity index (χ1) is 12.6. The molecule has 0 radical (unpaired) electrons. The Morgan fingerprint density at radius 2 is 1.73 bits per heavy atom. The van der Waals surface area contributed by atoms with E-state index in [0.717, 1.165) is 22.1 Å². The fourth-order valence-electron chi connectivity index (χ4n) is 2.76. The molecule has 1 N–H and O–H groups in total. The lowest BCUT2D eigenvalue weighted by atomic mass is 10.1. The predicted octanol–water partition coefficient (Wildman–Crippen LogP) is 4.76. The molecule has 0 heterocycles. The van der Waals surface area contributed by atoms with Crippen LogP contribution in [0.5, 0.6) is 11.5 Å². The average molecular weight is 370 g/mol. The van der Waals surface area contributed by atoms with Gasteiger partial charge in [0.25, 0.3) is 5.91 Å². The summed E-state index contributed by atoms with van der Waals surface area (Å²) < 4.78 is 10.9. The molecule has 134 valence electrons. The Morgan fingerprint density at radius 3 is 2.46 bits per heavy atom. The van der Waals surface area contributed by atoms with E-state index in [0.29, 0.717) is 10.8 Å². The number of hydrogen-bond donors (Lipinski definition) is 1. The van der Waals surface area contributed by atoms with E-state index in [9.17, 15) is 4.79 Å². The number of nitrogens with one attached hydrogen (secondary N) is 1. The molecule has 0 bridgehead atoms. The topological polar surface area (TPSA) is 47.6 Å². The highest BCUT2D eigenvalue weighted by molar-refractivity contribution is 6.31. The Balaban J connectivity index is 1.62. The number of fused-ring (bicyclic) bond motifs is 1. The van der Waals surface area contributed by atoms with Crippen molar-refractivity contribution in [1.82, 2.24) is 5.32 Å². The number of hydrogen-bond acceptors (Lipinski definition) is 3. The third kappa shape index (κ3) is 4.27. The van der Waals surface area contributed by atoms with Crippen LogP contribution >= 0.6 is 11.6 Å². The number of rotatable bonds is 6. The Bertz CT molecular complexity index is 926. The van der Waals surface area contributed by atoms with Gasteiger partial charge >= 0.3 is 0 Å². The van der Waals surface area contributed by atoms with Crippen molar-refractivity contribution in [2.75, 3.05) is 13.7 Å². The number of halogens is 1. The van der Waals surface area contributed by atoms with Crippen molar-refractivity contribution in [3.05, 3.63) is 71.2 Å². The zero-order valence-electron chi connectivity index (χ0n) is 14.7. The predicted molar refractivity (Wildman–Crippen MR) is 104 cm³/mol. The maximum atomic E-state index is 12.2. The lowest BCUT2D eigenvalue weighted by molar-refractivity contribution is -0.123. The van der Waals surface area contributed by atoms with E-state index in [4.69, 9.17) is 21.1 Å². The van der Waals surface area contributed by atoms with Gasteiger partial charge in [0, 0.05) is 5.02 Å². The summed E-state index contributed by atoms with van der Waals surface area (Å²) in [6.07, 6.45) is 0. The molecule has 0 aromatic heterocycles. The second kappa shape index (κ2) is 8.11. The average Bonchev–Trinajstić information content (AvgIpc) is 2.66. The van der Waals surface area contributed by atoms with Gasteiger partial charge in [0.2, 0.25) is 0 Å². The molecule has 1 atom stereocenters. The molecular weight excluding hydrogens is 350 g/mol. The molecule has 0 aliphatic heterocycles. The zero-order valence-corrected chi connectivity index (χ0v) is 15.4. The van der Waals surface area contributed by atoms with Crippen LogP contribution in [0.3, 0.4) is 0 Å². The summed E-state index contributed by atoms with van der Waals surface area (Å²) >= 11 is 6.16. The van der Waals surface area contributed by atoms with E-state index in [2.05, 4.69) is 5.32 Å². The van der Waals surface area contributed by atoms with Gasteiger partial charge in [0.1, 0.15) is 11.5 Å². The molecule has 3 aromatic rings. The molecule has 0 aliphatic rings. The summed E-state index contributed by atoms with van der Waals surface area (Å²) in [4.78, 5) is 12.2. The standard InChI is InChI=1S/C21H20ClNO3/c1-14(19-5-3-4-6-20(19)22)23-21(24)13-26-18-10-8-15-7-9-17(25-2)11-16(15)12-18/h3-12,14H,13H2,1-2H3,(H,23,24)/t14-/m0/s1. The zero-order chi connectivity index (χ0) is 18.5. The Morgan fingerprint density at radius 1 is 1.04 bits per heavy atom. The van der Waals surface area contributed by atoms with Gasteiger partial charge < -0.3 is 14.8 Å². The summed E-state index contributed by atoms with van der Waals surface area (Å²) in [5.41, 5.74) is 0.875. The maximum Gasteiger partial charge on any atom is 0.258 e. The summed E-state index contributed by atoms with van der Waals surface area (Å²) in [6, 6.07) is 18.8. The van der Waals surface area contributed by atoms with Gasteiger partial charge in [-0.2, -0.15) is 0 Å². The van der Waals surface area contributed by atoms with E-state index in [1.165, 1.54) is 0 Å². The number of carbonyl (C=O) groups excluding carboxylic acids is 1. The lowest BCUT2D eigenvalue weighted by Gasteiger charge is -2.16. The molecular formula is C21H20ClNO3. The first-order valence-electron chi connectivity index (χ1n) is 8.31. The monoisotopic (exact) mass is 369 g/mol. The van der Waals surface area contributed by atoms with Crippen molar-refractivity contribution in [1.29, 1.82) is 0 Å². The molecule has 0 saturated heterocycles. The van der Waals surface area contributed by atoms with E-state index in [1.807, 2.05) is 61.5 Å². The second-order valence-corrected chi connectivity index (χ2v) is 6.38. The van der Waals surface area contributed by atoms with Crippen LogP contribution < -0.4 is 14.8 Å². The van der Waals surface area contributed by atoms with Gasteiger partial charge in [-0.3, -0.25) is 4.79 Å². The molecule has 0 aliphatic carbocycles. The molecule has 4 nitrogen and oxygen atoms in total. The Labute approximate surface area is 157 Å². The van der Waals surface area contributed by atoms with Gasteiger partial charge in [-0.1, -0.05) is 41.9 Å². The fourth-order valence-corrected chi connectivity index (χ4v) is 3.06. The fraction of sp³-hybridized carbons (Fsp3) is 0.190. The molecule has 3 rings (SSSR count). The maximum absolute atomic E-state index is 12.2. The molecule has 0 spiro atoms. The van der Waals surface area contributed by atoms with Crippen molar-refractivity contribution in [3.8, 4) is 11.5 Å². The van der Waals surface area contributed by atoms with Crippen LogP contribution in [0.2, 0.25) is 5.02 Å². The van der Waals surface area contributed by atoms with Crippen LogP contribution in [0.15, 0.2) is 60.7 Å². The number of amides is 1. The number of methoxy groups -OCH3 is 1. The van der Waals surface area contributed by atoms with Crippen LogP contribution in [-0.4, -0.2) is 19.6 Å². The molecule has 0 saturated carbocycles. The Kier molecular flexibility index (Phi) is 5.64. The molecule has 26 heavy (non-hydrogen) atoms. The molecule has 0 unspecified atom stereocenters. The van der Waals surface area contributed by atoms with E-state index in [1.54, 1.807) is 13.2 Å². The lowest BCUT2D eigenvalue weighted by Crippen LogP contribution is -2.31. The minimum absolute atomic E-state index is 0.0652. The van der Waals surface area contributed by atoms with Gasteiger partial charge in [-0.25, -0.2) is 0 Å². The highest BCUT2D eigenvalue weighted by Gasteiger charge is 2.12. The van der Waals surface area contributed by atoms with Crippen molar-refractivity contribution in [2.24, 2.45) is 0 Å². The minimum Gasteiger partial charge on any atom is -0.497 e. The van der Waals surface area contributed by atoms with Crippen molar-refractivity contribution in [2.45, 2.75) is 13.0 Å². The smallest absolute Gasteiger partial charge is 0.258 e. The van der Waals surface area contributed by atoms with Gasteiger partial charge in [-0.05, 0) is 53.6 Å². The highest BCUT2D eigenvalue weighted by Crippen LogP contribution is 2.25. The van der Waals surface area contributed by atoms with E-state index >= 15 is 0 Å². The number of benzene rings is 3. The van der Waals surface area contributed by atoms with Crippen molar-refractivity contribution < 1.29 is 14.3 Å². The molecule has 0 fully saturated rings. The molecule has 3 aromatic carbocycles. The van der Waals surface area contributed by atoms with Crippen LogP contribution in [0.1, 0.15) is 18.5 Å². The van der Waals surface area contributed by atoms with Gasteiger partial charge in [0.05, 0.1) is 13.2 Å². The minimum atomic E-state index is -0.205. The summed E-state index contributed by atoms with van der Waals surface area (Å²) in [7, 11) is 1.63.